The van der Waals surface area contributed by atoms with Crippen molar-refractivity contribution in [2.45, 2.75) is 23.0 Å². The number of halogens is 1. The maximum atomic E-state index is 13.2. The number of nitrogens with zero attached hydrogens (tertiary/aromatic N) is 3. The number of sulfonamides is 1. The molecule has 3 aromatic carbocycles. The lowest BCUT2D eigenvalue weighted by atomic mass is 10.1. The molecule has 0 spiro atoms. The number of rotatable bonds is 9. The first-order chi connectivity index (χ1) is 17.7. The van der Waals surface area contributed by atoms with Crippen LogP contribution in [0.25, 0.3) is 10.9 Å². The van der Waals surface area contributed by atoms with Crippen LogP contribution in [-0.4, -0.2) is 35.8 Å². The number of hydrogen-bond donors (Lipinski definition) is 2. The molecule has 0 aliphatic carbocycles. The Hall–Kier alpha value is -3.51. The van der Waals surface area contributed by atoms with E-state index >= 15 is 0 Å². The Labute approximate surface area is 222 Å². The van der Waals surface area contributed by atoms with Crippen molar-refractivity contribution < 1.29 is 13.2 Å². The summed E-state index contributed by atoms with van der Waals surface area (Å²) in [6.45, 7) is 0.282. The van der Waals surface area contributed by atoms with Gasteiger partial charge < -0.3 is 0 Å². The van der Waals surface area contributed by atoms with E-state index in [2.05, 4.69) is 15.5 Å². The highest BCUT2D eigenvalue weighted by molar-refractivity contribution is 7.99. The SMILES string of the molecule is NS(=O)(=O)c1ccc(CCn2c(SCC(=O)N/N=C/c3ccc(Cl)cc3)nc3ccccc3c2=O)cc1. The average molecular weight is 556 g/mol. The Morgan fingerprint density at radius 1 is 1.08 bits per heavy atom. The zero-order chi connectivity index (χ0) is 26.4. The molecule has 0 aliphatic rings. The Balaban J connectivity index is 1.48. The molecule has 1 aromatic heterocycles. The Kier molecular flexibility index (Phi) is 8.39. The quantitative estimate of drug-likeness (QED) is 0.141. The topological polar surface area (TPSA) is 137 Å². The summed E-state index contributed by atoms with van der Waals surface area (Å²) >= 11 is 6.99. The molecule has 1 amide bonds. The van der Waals surface area contributed by atoms with E-state index in [0.717, 1.165) is 22.9 Å². The predicted molar refractivity (Wildman–Crippen MR) is 145 cm³/mol. The molecule has 190 valence electrons. The number of aromatic nitrogens is 2. The standard InChI is InChI=1S/C25H22ClN5O4S2/c26-19-9-5-18(6-10-19)15-28-30-23(32)16-36-25-29-22-4-2-1-3-21(22)24(33)31(25)14-13-17-7-11-20(12-8-17)37(27,34)35/h1-12,15H,13-14,16H2,(H,30,32)(H2,27,34,35)/b28-15+. The van der Waals surface area contributed by atoms with E-state index in [4.69, 9.17) is 16.7 Å². The van der Waals surface area contributed by atoms with Crippen molar-refractivity contribution in [1.29, 1.82) is 0 Å². The lowest BCUT2D eigenvalue weighted by molar-refractivity contribution is -0.118. The third-order valence-corrected chi connectivity index (χ3v) is 7.47. The molecule has 1 heterocycles. The highest BCUT2D eigenvalue weighted by Crippen LogP contribution is 2.19. The van der Waals surface area contributed by atoms with Crippen molar-refractivity contribution in [3.63, 3.8) is 0 Å². The van der Waals surface area contributed by atoms with Gasteiger partial charge in [-0.25, -0.2) is 24.0 Å². The Morgan fingerprint density at radius 2 is 1.78 bits per heavy atom. The van der Waals surface area contributed by atoms with Crippen molar-refractivity contribution in [3.8, 4) is 0 Å². The monoisotopic (exact) mass is 555 g/mol. The van der Waals surface area contributed by atoms with Crippen molar-refractivity contribution in [2.24, 2.45) is 10.2 Å². The number of primary sulfonamides is 1. The summed E-state index contributed by atoms with van der Waals surface area (Å²) in [5.74, 6) is -0.367. The first-order valence-electron chi connectivity index (χ1n) is 11.0. The number of hydrogen-bond acceptors (Lipinski definition) is 7. The number of nitrogens with one attached hydrogen (secondary N) is 1. The molecule has 12 heteroatoms. The molecule has 0 bridgehead atoms. The van der Waals surface area contributed by atoms with Crippen LogP contribution in [0.2, 0.25) is 5.02 Å². The zero-order valence-corrected chi connectivity index (χ0v) is 21.8. The molecule has 3 N–H and O–H groups in total. The van der Waals surface area contributed by atoms with Gasteiger partial charge in [0.05, 0.1) is 27.8 Å². The minimum atomic E-state index is -3.79. The summed E-state index contributed by atoms with van der Waals surface area (Å²) in [6.07, 6.45) is 1.94. The maximum absolute atomic E-state index is 13.2. The highest BCUT2D eigenvalue weighted by atomic mass is 35.5. The van der Waals surface area contributed by atoms with Crippen LogP contribution in [0.1, 0.15) is 11.1 Å². The summed E-state index contributed by atoms with van der Waals surface area (Å²) in [6, 6.07) is 20.1. The van der Waals surface area contributed by atoms with Gasteiger partial charge in [0.2, 0.25) is 10.0 Å². The normalized spacial score (nSPS) is 11.7. The fraction of sp³-hybridized carbons (Fsp3) is 0.120. The molecule has 4 aromatic rings. The molecule has 0 unspecified atom stereocenters. The van der Waals surface area contributed by atoms with E-state index in [9.17, 15) is 18.0 Å². The summed E-state index contributed by atoms with van der Waals surface area (Å²) < 4.78 is 24.5. The molecule has 37 heavy (non-hydrogen) atoms. The van der Waals surface area contributed by atoms with E-state index in [0.29, 0.717) is 27.5 Å². The largest absolute Gasteiger partial charge is 0.287 e. The summed E-state index contributed by atoms with van der Waals surface area (Å²) in [5.41, 5.74) is 4.37. The average Bonchev–Trinajstić information content (AvgIpc) is 2.88. The number of benzene rings is 3. The third kappa shape index (κ3) is 7.04. The number of carbonyl (C=O) groups is 1. The van der Waals surface area contributed by atoms with Gasteiger partial charge in [-0.15, -0.1) is 0 Å². The zero-order valence-electron chi connectivity index (χ0n) is 19.4. The number of thioether (sulfide) groups is 1. The Morgan fingerprint density at radius 3 is 2.49 bits per heavy atom. The van der Waals surface area contributed by atoms with Gasteiger partial charge in [0.15, 0.2) is 5.16 Å². The van der Waals surface area contributed by atoms with Crippen molar-refractivity contribution in [1.82, 2.24) is 15.0 Å². The predicted octanol–water partition coefficient (Wildman–Crippen LogP) is 3.18. The van der Waals surface area contributed by atoms with Gasteiger partial charge in [0.1, 0.15) is 0 Å². The minimum absolute atomic E-state index is 0.00814. The number of hydrazone groups is 1. The second-order valence-electron chi connectivity index (χ2n) is 7.94. The Bertz CT molecular complexity index is 1620. The smallest absolute Gasteiger partial charge is 0.262 e. The fourth-order valence-electron chi connectivity index (χ4n) is 3.43. The molecule has 0 saturated heterocycles. The molecule has 0 aliphatic heterocycles. The molecular weight excluding hydrogens is 534 g/mol. The summed E-state index contributed by atoms with van der Waals surface area (Å²) in [5, 5.41) is 10.6. The van der Waals surface area contributed by atoms with Crippen molar-refractivity contribution in [3.05, 3.63) is 99.3 Å². The number of aryl methyl sites for hydroxylation is 1. The van der Waals surface area contributed by atoms with Crippen LogP contribution in [0.4, 0.5) is 0 Å². The van der Waals surface area contributed by atoms with E-state index in [1.54, 1.807) is 60.7 Å². The van der Waals surface area contributed by atoms with Gasteiger partial charge in [-0.2, -0.15) is 5.10 Å². The van der Waals surface area contributed by atoms with Gasteiger partial charge in [0, 0.05) is 11.6 Å². The molecule has 9 nitrogen and oxygen atoms in total. The van der Waals surface area contributed by atoms with E-state index in [1.165, 1.54) is 22.9 Å². The van der Waals surface area contributed by atoms with E-state index < -0.39 is 10.0 Å². The van der Waals surface area contributed by atoms with Crippen molar-refractivity contribution in [2.75, 3.05) is 5.75 Å². The van der Waals surface area contributed by atoms with E-state index in [1.807, 2.05) is 0 Å². The maximum Gasteiger partial charge on any atom is 0.262 e. The number of fused-ring (bicyclic) bond motifs is 1. The van der Waals surface area contributed by atoms with Gasteiger partial charge in [-0.05, 0) is 53.9 Å². The van der Waals surface area contributed by atoms with Crippen LogP contribution in [0.3, 0.4) is 0 Å². The van der Waals surface area contributed by atoms with E-state index in [-0.39, 0.29) is 28.7 Å². The molecule has 0 atom stereocenters. The second-order valence-corrected chi connectivity index (χ2v) is 10.9. The summed E-state index contributed by atoms with van der Waals surface area (Å²) in [4.78, 5) is 30.2. The van der Waals surface area contributed by atoms with Gasteiger partial charge in [0.25, 0.3) is 11.5 Å². The van der Waals surface area contributed by atoms with Crippen LogP contribution in [0.15, 0.2) is 92.7 Å². The van der Waals surface area contributed by atoms with Crippen LogP contribution < -0.4 is 16.1 Å². The molecular formula is C25H22ClN5O4S2. The molecule has 0 radical (unpaired) electrons. The van der Waals surface area contributed by atoms with Crippen LogP contribution in [0.5, 0.6) is 0 Å². The number of amides is 1. The van der Waals surface area contributed by atoms with Gasteiger partial charge in [-0.1, -0.05) is 59.8 Å². The minimum Gasteiger partial charge on any atom is -0.287 e. The van der Waals surface area contributed by atoms with Crippen LogP contribution in [0, 0.1) is 0 Å². The van der Waals surface area contributed by atoms with Crippen LogP contribution in [-0.2, 0) is 27.8 Å². The number of nitrogens with two attached hydrogens (primary N) is 1. The highest BCUT2D eigenvalue weighted by Gasteiger charge is 2.14. The molecule has 0 saturated carbocycles. The molecule has 0 fully saturated rings. The van der Waals surface area contributed by atoms with Gasteiger partial charge in [-0.3, -0.25) is 14.2 Å². The number of para-hydroxylation sites is 1. The molecule has 4 rings (SSSR count). The first kappa shape index (κ1) is 26.6. The number of carbonyl (C=O) groups excluding carboxylic acids is 1. The lowest BCUT2D eigenvalue weighted by Gasteiger charge is -2.13. The fourth-order valence-corrected chi connectivity index (χ4v) is 4.89. The second kappa shape index (κ2) is 11.7. The first-order valence-corrected chi connectivity index (χ1v) is 13.9. The third-order valence-electron chi connectivity index (χ3n) is 5.31. The van der Waals surface area contributed by atoms with Crippen molar-refractivity contribution >= 4 is 56.4 Å². The lowest BCUT2D eigenvalue weighted by Crippen LogP contribution is -2.26. The summed E-state index contributed by atoms with van der Waals surface area (Å²) in [7, 11) is -3.79. The van der Waals surface area contributed by atoms with Gasteiger partial charge >= 0.3 is 0 Å². The van der Waals surface area contributed by atoms with Crippen LogP contribution >= 0.6 is 23.4 Å².